The molecule has 1 amide bonds. The van der Waals surface area contributed by atoms with Crippen molar-refractivity contribution in [1.29, 1.82) is 0 Å². The lowest BCUT2D eigenvalue weighted by Gasteiger charge is -2.35. The number of nitrogens with zero attached hydrogens (tertiary/aromatic N) is 3. The molecule has 0 bridgehead atoms. The maximum Gasteiger partial charge on any atom is 0.264 e. The molecule has 0 saturated carbocycles. The summed E-state index contributed by atoms with van der Waals surface area (Å²) in [5.41, 5.74) is 6.03. The van der Waals surface area contributed by atoms with Gasteiger partial charge in [0.15, 0.2) is 0 Å². The molecular formula is C30H34N4O4S. The topological polar surface area (TPSA) is 91.3 Å². The highest BCUT2D eigenvalue weighted by molar-refractivity contribution is 7.92. The highest BCUT2D eigenvalue weighted by Gasteiger charge is 2.26. The van der Waals surface area contributed by atoms with Gasteiger partial charge in [0.2, 0.25) is 0 Å². The number of piperazine rings is 1. The average Bonchev–Trinajstić information content (AvgIpc) is 2.95. The van der Waals surface area contributed by atoms with E-state index in [-0.39, 0.29) is 22.2 Å². The molecule has 2 aliphatic heterocycles. The van der Waals surface area contributed by atoms with Gasteiger partial charge in [-0.05, 0) is 73.2 Å². The number of hydrogen-bond acceptors (Lipinski definition) is 6. The van der Waals surface area contributed by atoms with Crippen LogP contribution in [0.5, 0.6) is 5.75 Å². The van der Waals surface area contributed by atoms with Crippen molar-refractivity contribution in [3.05, 3.63) is 82.4 Å². The quantitative estimate of drug-likeness (QED) is 0.463. The largest absolute Gasteiger partial charge is 0.495 e. The molecule has 1 N–H and O–H groups in total. The van der Waals surface area contributed by atoms with Crippen molar-refractivity contribution in [1.82, 2.24) is 9.80 Å². The fourth-order valence-electron chi connectivity index (χ4n) is 5.13. The number of aryl methyl sites for hydroxylation is 2. The molecule has 1 saturated heterocycles. The minimum atomic E-state index is -3.92. The van der Waals surface area contributed by atoms with Gasteiger partial charge in [-0.15, -0.1) is 0 Å². The fraction of sp³-hybridized carbons (Fsp3) is 0.333. The van der Waals surface area contributed by atoms with Crippen LogP contribution in [0.4, 0.5) is 11.4 Å². The van der Waals surface area contributed by atoms with Crippen LogP contribution in [0.2, 0.25) is 0 Å². The van der Waals surface area contributed by atoms with Crippen LogP contribution in [0.3, 0.4) is 0 Å². The molecule has 3 aromatic rings. The van der Waals surface area contributed by atoms with Crippen LogP contribution in [0.1, 0.15) is 39.0 Å². The lowest BCUT2D eigenvalue weighted by atomic mass is 10.0. The standard InChI is InChI=1S/C30H34N4O4S/c1-21-7-4-9-25(22(21)2)20-33-15-17-34(18-16-33)30(35)24-12-13-26(27(19-24)38-3)32-39(36,37)28-11-5-8-23-10-6-14-31-29(23)28/h4-5,7-9,11-14,19,32H,6,10,15-18,20H2,1-3H3. The Morgan fingerprint density at radius 3 is 2.56 bits per heavy atom. The van der Waals surface area contributed by atoms with Crippen LogP contribution in [-0.4, -0.2) is 63.6 Å². The number of benzene rings is 3. The highest BCUT2D eigenvalue weighted by Crippen LogP contribution is 2.34. The summed E-state index contributed by atoms with van der Waals surface area (Å²) < 4.78 is 34.7. The van der Waals surface area contributed by atoms with Crippen molar-refractivity contribution in [3.8, 4) is 5.75 Å². The number of amides is 1. The van der Waals surface area contributed by atoms with Crippen molar-refractivity contribution in [2.75, 3.05) is 38.0 Å². The molecule has 204 valence electrons. The van der Waals surface area contributed by atoms with Gasteiger partial charge in [-0.25, -0.2) is 8.42 Å². The first kappa shape index (κ1) is 26.9. The molecule has 9 heteroatoms. The maximum atomic E-state index is 13.3. The molecule has 0 radical (unpaired) electrons. The van der Waals surface area contributed by atoms with Crippen molar-refractivity contribution in [3.63, 3.8) is 0 Å². The second kappa shape index (κ2) is 11.2. The van der Waals surface area contributed by atoms with E-state index >= 15 is 0 Å². The second-order valence-corrected chi connectivity index (χ2v) is 11.7. The number of para-hydroxylation sites is 1. The van der Waals surface area contributed by atoms with Crippen LogP contribution < -0.4 is 9.46 Å². The maximum absolute atomic E-state index is 13.3. The molecule has 39 heavy (non-hydrogen) atoms. The van der Waals surface area contributed by atoms with Crippen LogP contribution in [0, 0.1) is 13.8 Å². The first-order valence-electron chi connectivity index (χ1n) is 13.2. The second-order valence-electron chi connectivity index (χ2n) is 10.1. The summed E-state index contributed by atoms with van der Waals surface area (Å²) in [5, 5.41) is 0. The zero-order valence-corrected chi connectivity index (χ0v) is 23.4. The third kappa shape index (κ3) is 5.69. The normalized spacial score (nSPS) is 15.6. The molecule has 0 atom stereocenters. The number of aliphatic imine (C=N–C) groups is 1. The van der Waals surface area contributed by atoms with E-state index in [1.165, 1.54) is 23.8 Å². The summed E-state index contributed by atoms with van der Waals surface area (Å²) in [5.74, 6) is 0.187. The lowest BCUT2D eigenvalue weighted by Crippen LogP contribution is -2.48. The molecule has 2 heterocycles. The van der Waals surface area contributed by atoms with Gasteiger partial charge in [0.25, 0.3) is 15.9 Å². The fourth-order valence-corrected chi connectivity index (χ4v) is 6.40. The van der Waals surface area contributed by atoms with Gasteiger partial charge < -0.3 is 9.64 Å². The number of rotatable bonds is 7. The first-order valence-corrected chi connectivity index (χ1v) is 14.7. The van der Waals surface area contributed by atoms with Gasteiger partial charge in [-0.2, -0.15) is 0 Å². The summed E-state index contributed by atoms with van der Waals surface area (Å²) >= 11 is 0. The molecular weight excluding hydrogens is 512 g/mol. The summed E-state index contributed by atoms with van der Waals surface area (Å²) in [7, 11) is -2.46. The SMILES string of the molecule is COc1cc(C(=O)N2CCN(Cc3cccc(C)c3C)CC2)ccc1NS(=O)(=O)c1cccc2c1N=CCC2. The van der Waals surface area contributed by atoms with Gasteiger partial charge in [-0.1, -0.05) is 30.3 Å². The monoisotopic (exact) mass is 546 g/mol. The van der Waals surface area contributed by atoms with Crippen molar-refractivity contribution in [2.45, 2.75) is 38.1 Å². The Hall–Kier alpha value is -3.69. The van der Waals surface area contributed by atoms with Crippen molar-refractivity contribution >= 4 is 33.5 Å². The zero-order chi connectivity index (χ0) is 27.6. The van der Waals surface area contributed by atoms with E-state index < -0.39 is 10.0 Å². The van der Waals surface area contributed by atoms with E-state index in [1.54, 1.807) is 36.5 Å². The molecule has 2 aliphatic rings. The lowest BCUT2D eigenvalue weighted by molar-refractivity contribution is 0.0628. The van der Waals surface area contributed by atoms with Gasteiger partial charge in [0.1, 0.15) is 10.6 Å². The first-order chi connectivity index (χ1) is 18.8. The number of ether oxygens (including phenoxy) is 1. The molecule has 0 unspecified atom stereocenters. The minimum Gasteiger partial charge on any atom is -0.495 e. The Kier molecular flexibility index (Phi) is 7.72. The van der Waals surface area contributed by atoms with Crippen molar-refractivity contribution in [2.24, 2.45) is 4.99 Å². The summed E-state index contributed by atoms with van der Waals surface area (Å²) in [6.07, 6.45) is 3.28. The van der Waals surface area contributed by atoms with Gasteiger partial charge in [-0.3, -0.25) is 19.4 Å². The van der Waals surface area contributed by atoms with Crippen LogP contribution in [-0.2, 0) is 23.0 Å². The summed E-state index contributed by atoms with van der Waals surface area (Å²) in [6, 6.07) is 16.4. The number of sulfonamides is 1. The molecule has 0 spiro atoms. The zero-order valence-electron chi connectivity index (χ0n) is 22.6. The van der Waals surface area contributed by atoms with E-state index in [0.717, 1.165) is 38.0 Å². The van der Waals surface area contributed by atoms with E-state index in [9.17, 15) is 13.2 Å². The van der Waals surface area contributed by atoms with Gasteiger partial charge in [0, 0.05) is 44.5 Å². The molecule has 1 fully saturated rings. The Bertz CT molecular complexity index is 1530. The van der Waals surface area contributed by atoms with E-state index in [4.69, 9.17) is 4.74 Å². The van der Waals surface area contributed by atoms with Crippen LogP contribution >= 0.6 is 0 Å². The number of carbonyl (C=O) groups is 1. The predicted octanol–water partition coefficient (Wildman–Crippen LogP) is 4.72. The third-order valence-corrected chi connectivity index (χ3v) is 9.00. The Balaban J connectivity index is 1.27. The van der Waals surface area contributed by atoms with E-state index in [2.05, 4.69) is 46.7 Å². The summed E-state index contributed by atoms with van der Waals surface area (Å²) in [6.45, 7) is 7.98. The van der Waals surface area contributed by atoms with Gasteiger partial charge >= 0.3 is 0 Å². The molecule has 8 nitrogen and oxygen atoms in total. The molecule has 0 aromatic heterocycles. The number of fused-ring (bicyclic) bond motifs is 1. The van der Waals surface area contributed by atoms with Gasteiger partial charge in [0.05, 0.1) is 18.5 Å². The van der Waals surface area contributed by atoms with E-state index in [0.29, 0.717) is 24.3 Å². The number of nitrogens with one attached hydrogen (secondary N) is 1. The number of carbonyl (C=O) groups excluding carboxylic acids is 1. The number of methoxy groups -OCH3 is 1. The number of anilines is 1. The van der Waals surface area contributed by atoms with Crippen LogP contribution in [0.15, 0.2) is 64.5 Å². The Labute approximate surface area is 230 Å². The predicted molar refractivity (Wildman–Crippen MR) is 154 cm³/mol. The Morgan fingerprint density at radius 2 is 1.79 bits per heavy atom. The molecule has 0 aliphatic carbocycles. The van der Waals surface area contributed by atoms with Crippen LogP contribution in [0.25, 0.3) is 0 Å². The van der Waals surface area contributed by atoms with E-state index in [1.807, 2.05) is 11.0 Å². The average molecular weight is 547 g/mol. The van der Waals surface area contributed by atoms with Crippen molar-refractivity contribution < 1.29 is 17.9 Å². The Morgan fingerprint density at radius 1 is 1.03 bits per heavy atom. The third-order valence-electron chi connectivity index (χ3n) is 7.60. The number of hydrogen-bond donors (Lipinski definition) is 1. The highest BCUT2D eigenvalue weighted by atomic mass is 32.2. The molecule has 5 rings (SSSR count). The summed E-state index contributed by atoms with van der Waals surface area (Å²) in [4.78, 5) is 22.0. The molecule has 3 aromatic carbocycles. The minimum absolute atomic E-state index is 0.0967. The smallest absolute Gasteiger partial charge is 0.264 e.